The van der Waals surface area contributed by atoms with E-state index in [0.717, 1.165) is 6.54 Å². The van der Waals surface area contributed by atoms with Crippen LogP contribution in [0.1, 0.15) is 16.1 Å². The van der Waals surface area contributed by atoms with Gasteiger partial charge in [0.2, 0.25) is 5.52 Å². The van der Waals surface area contributed by atoms with Crippen LogP contribution in [0.2, 0.25) is 0 Å². The Morgan fingerprint density at radius 2 is 1.28 bits per heavy atom. The SMILES string of the molecule is C(=Cc1sc2ccccc2[n+]1Cc1ccccc1)c1ccccc1.[O-][Cl+3]([O-])([O-])[O-]. The second kappa shape index (κ2) is 9.76. The second-order valence-electron chi connectivity index (χ2n) is 6.10. The Balaban J connectivity index is 0.000000431. The number of benzene rings is 3. The number of hydrogen-bond acceptors (Lipinski definition) is 5. The second-order valence-corrected chi connectivity index (χ2v) is 7.92. The Kier molecular flexibility index (Phi) is 7.11. The molecule has 0 spiro atoms. The highest BCUT2D eigenvalue weighted by Gasteiger charge is 2.18. The molecule has 0 saturated heterocycles. The van der Waals surface area contributed by atoms with Crippen LogP contribution in [-0.4, -0.2) is 0 Å². The van der Waals surface area contributed by atoms with E-state index in [1.54, 1.807) is 0 Å². The number of thiazole rings is 1. The van der Waals surface area contributed by atoms with Gasteiger partial charge < -0.3 is 0 Å². The summed E-state index contributed by atoms with van der Waals surface area (Å²) in [4.78, 5) is 0. The summed E-state index contributed by atoms with van der Waals surface area (Å²) in [7, 11) is -4.94. The Labute approximate surface area is 174 Å². The van der Waals surface area contributed by atoms with Crippen LogP contribution in [0.5, 0.6) is 0 Å². The first kappa shape index (κ1) is 21.1. The predicted octanol–water partition coefficient (Wildman–Crippen LogP) is 0.652. The fourth-order valence-corrected chi connectivity index (χ4v) is 3.90. The van der Waals surface area contributed by atoms with Crippen molar-refractivity contribution >= 4 is 33.7 Å². The molecule has 0 radical (unpaired) electrons. The minimum atomic E-state index is -4.94. The molecule has 0 saturated carbocycles. The van der Waals surface area contributed by atoms with Crippen LogP contribution in [0.15, 0.2) is 84.9 Å². The average molecular weight is 428 g/mol. The van der Waals surface area contributed by atoms with Gasteiger partial charge >= 0.3 is 0 Å². The van der Waals surface area contributed by atoms with Crippen molar-refractivity contribution in [2.24, 2.45) is 0 Å². The van der Waals surface area contributed by atoms with Crippen LogP contribution in [0.3, 0.4) is 0 Å². The Morgan fingerprint density at radius 3 is 1.93 bits per heavy atom. The monoisotopic (exact) mass is 427 g/mol. The smallest absolute Gasteiger partial charge is 0.222 e. The number of halogens is 1. The van der Waals surface area contributed by atoms with Crippen LogP contribution >= 0.6 is 11.3 Å². The van der Waals surface area contributed by atoms with E-state index in [-0.39, 0.29) is 0 Å². The zero-order chi connectivity index (χ0) is 20.7. The van der Waals surface area contributed by atoms with E-state index < -0.39 is 10.2 Å². The summed E-state index contributed by atoms with van der Waals surface area (Å²) in [6.07, 6.45) is 4.41. The third kappa shape index (κ3) is 6.76. The molecule has 0 aliphatic rings. The van der Waals surface area contributed by atoms with E-state index in [9.17, 15) is 0 Å². The minimum absolute atomic E-state index is 0.888. The van der Waals surface area contributed by atoms with Crippen LogP contribution in [-0.2, 0) is 6.54 Å². The van der Waals surface area contributed by atoms with Gasteiger partial charge in [-0.25, -0.2) is 18.6 Å². The minimum Gasteiger partial charge on any atom is -0.222 e. The van der Waals surface area contributed by atoms with Crippen LogP contribution < -0.4 is 23.2 Å². The molecule has 0 bridgehead atoms. The van der Waals surface area contributed by atoms with Crippen molar-refractivity contribution in [2.45, 2.75) is 6.54 Å². The van der Waals surface area contributed by atoms with E-state index in [1.807, 2.05) is 17.4 Å². The number of nitrogens with zero attached hydrogens (tertiary/aromatic N) is 1. The van der Waals surface area contributed by atoms with Crippen molar-refractivity contribution in [3.05, 3.63) is 101 Å². The summed E-state index contributed by atoms with van der Waals surface area (Å²) < 4.78 is 37.7. The Morgan fingerprint density at radius 1 is 0.724 bits per heavy atom. The molecule has 1 heterocycles. The van der Waals surface area contributed by atoms with Crippen LogP contribution in [0.4, 0.5) is 0 Å². The van der Waals surface area contributed by atoms with E-state index >= 15 is 0 Å². The van der Waals surface area contributed by atoms with Crippen LogP contribution in [0.25, 0.3) is 22.4 Å². The number of aromatic nitrogens is 1. The topological polar surface area (TPSA) is 96.1 Å². The van der Waals surface area contributed by atoms with E-state index in [2.05, 4.69) is 95.6 Å². The van der Waals surface area contributed by atoms with E-state index in [4.69, 9.17) is 18.6 Å². The fraction of sp³-hybridized carbons (Fsp3) is 0.0455. The van der Waals surface area contributed by atoms with Crippen molar-refractivity contribution in [3.63, 3.8) is 0 Å². The molecular weight excluding hydrogens is 410 g/mol. The lowest BCUT2D eigenvalue weighted by molar-refractivity contribution is -2.00. The number of para-hydroxylation sites is 1. The van der Waals surface area contributed by atoms with Crippen LogP contribution in [0, 0.1) is 10.2 Å². The first-order chi connectivity index (χ1) is 13.9. The Bertz CT molecular complexity index is 1070. The molecule has 148 valence electrons. The summed E-state index contributed by atoms with van der Waals surface area (Å²) in [6, 6.07) is 29.7. The van der Waals surface area contributed by atoms with Gasteiger partial charge in [0.1, 0.15) is 4.70 Å². The quantitative estimate of drug-likeness (QED) is 0.447. The van der Waals surface area contributed by atoms with E-state index in [1.165, 1.54) is 26.4 Å². The molecule has 5 nitrogen and oxygen atoms in total. The highest BCUT2D eigenvalue weighted by atomic mass is 35.7. The molecule has 7 heteroatoms. The third-order valence-electron chi connectivity index (χ3n) is 4.04. The van der Waals surface area contributed by atoms with Gasteiger partial charge in [-0.1, -0.05) is 84.1 Å². The highest BCUT2D eigenvalue weighted by Crippen LogP contribution is 2.22. The zero-order valence-corrected chi connectivity index (χ0v) is 16.9. The van der Waals surface area contributed by atoms with Gasteiger partial charge in [0, 0.05) is 17.7 Å². The lowest BCUT2D eigenvalue weighted by atomic mass is 10.2. The Hall–Kier alpha value is -2.58. The summed E-state index contributed by atoms with van der Waals surface area (Å²) >= 11 is 1.84. The van der Waals surface area contributed by atoms with Gasteiger partial charge in [0.15, 0.2) is 6.54 Å². The first-order valence-corrected chi connectivity index (χ1v) is 10.8. The molecule has 0 aliphatic carbocycles. The molecular formula is C22H18ClNO4S. The predicted molar refractivity (Wildman–Crippen MR) is 103 cm³/mol. The van der Waals surface area contributed by atoms with Gasteiger partial charge in [-0.3, -0.25) is 0 Å². The van der Waals surface area contributed by atoms with Crippen molar-refractivity contribution in [1.29, 1.82) is 0 Å². The molecule has 0 unspecified atom stereocenters. The van der Waals surface area contributed by atoms with Gasteiger partial charge in [-0.2, -0.15) is 4.57 Å². The average Bonchev–Trinajstić information content (AvgIpc) is 3.04. The molecule has 4 aromatic rings. The molecule has 1 aromatic heterocycles. The number of hydrogen-bond donors (Lipinski definition) is 0. The first-order valence-electron chi connectivity index (χ1n) is 8.70. The molecule has 0 N–H and O–H groups in total. The van der Waals surface area contributed by atoms with Gasteiger partial charge in [-0.15, -0.1) is 10.2 Å². The number of rotatable bonds is 4. The number of fused-ring (bicyclic) bond motifs is 1. The molecule has 3 aromatic carbocycles. The van der Waals surface area contributed by atoms with Gasteiger partial charge in [-0.05, 0) is 17.7 Å². The summed E-state index contributed by atoms with van der Waals surface area (Å²) in [5.41, 5.74) is 3.83. The largest absolute Gasteiger partial charge is 0.263 e. The van der Waals surface area contributed by atoms with Crippen molar-refractivity contribution < 1.29 is 33.4 Å². The zero-order valence-electron chi connectivity index (χ0n) is 15.3. The molecule has 0 fully saturated rings. The lowest BCUT2D eigenvalue weighted by Gasteiger charge is -2.17. The normalized spacial score (nSPS) is 11.4. The van der Waals surface area contributed by atoms with E-state index in [0.29, 0.717) is 0 Å². The van der Waals surface area contributed by atoms with Crippen molar-refractivity contribution in [2.75, 3.05) is 0 Å². The molecule has 4 rings (SSSR count). The maximum absolute atomic E-state index is 8.49. The molecule has 0 aliphatic heterocycles. The molecule has 0 amide bonds. The van der Waals surface area contributed by atoms with Gasteiger partial charge in [0.05, 0.1) is 0 Å². The maximum Gasteiger partial charge on any atom is 0.263 e. The highest BCUT2D eigenvalue weighted by molar-refractivity contribution is 7.18. The fourth-order valence-electron chi connectivity index (χ4n) is 2.84. The molecule has 0 atom stereocenters. The standard InChI is InChI=1S/C22H18NS.ClHO4/c1-3-9-18(10-4-1)15-16-22-23(17-19-11-5-2-6-12-19)20-13-7-8-14-21(20)24-22;2-1(3,4)5/h1-16H,17H2;(H,2,3,4,5)/q+1;/p-1. The third-order valence-corrected chi connectivity index (χ3v) is 5.17. The van der Waals surface area contributed by atoms with Crippen molar-refractivity contribution in [3.8, 4) is 0 Å². The lowest BCUT2D eigenvalue weighted by Crippen LogP contribution is -2.68. The van der Waals surface area contributed by atoms with Crippen molar-refractivity contribution in [1.82, 2.24) is 0 Å². The summed E-state index contributed by atoms with van der Waals surface area (Å²) in [6.45, 7) is 0.888. The summed E-state index contributed by atoms with van der Waals surface area (Å²) in [5.74, 6) is 0. The maximum atomic E-state index is 8.49. The van der Waals surface area contributed by atoms with Gasteiger partial charge in [0.25, 0.3) is 5.01 Å². The summed E-state index contributed by atoms with van der Waals surface area (Å²) in [5, 5.41) is 1.27. The molecule has 29 heavy (non-hydrogen) atoms.